The van der Waals surface area contributed by atoms with Gasteiger partial charge >= 0.3 is 0 Å². The zero-order valence-corrected chi connectivity index (χ0v) is 7.50. The van der Waals surface area contributed by atoms with E-state index in [1.54, 1.807) is 4.57 Å². The van der Waals surface area contributed by atoms with Gasteiger partial charge in [0.15, 0.2) is 0 Å². The van der Waals surface area contributed by atoms with Crippen molar-refractivity contribution in [3.05, 3.63) is 21.1 Å². The van der Waals surface area contributed by atoms with E-state index >= 15 is 0 Å². The van der Waals surface area contributed by atoms with E-state index in [4.69, 9.17) is 4.74 Å². The van der Waals surface area contributed by atoms with Crippen molar-refractivity contribution in [3.8, 4) is 6.01 Å². The van der Waals surface area contributed by atoms with E-state index in [1.807, 2.05) is 10.8 Å². The van der Waals surface area contributed by atoms with Crippen LogP contribution in [0.15, 0.2) is 15.6 Å². The summed E-state index contributed by atoms with van der Waals surface area (Å²) in [4.78, 5) is 16.0. The molecule has 4 nitrogen and oxygen atoms in total. The lowest BCUT2D eigenvalue weighted by Gasteiger charge is -1.98. The Hall–Kier alpha value is -1.36. The van der Waals surface area contributed by atoms with Gasteiger partial charge in [-0.15, -0.1) is 11.3 Å². The van der Waals surface area contributed by atoms with Crippen molar-refractivity contribution in [3.63, 3.8) is 0 Å². The molecule has 1 aliphatic rings. The number of ether oxygens (including phenoxy) is 1. The summed E-state index contributed by atoms with van der Waals surface area (Å²) >= 11 is 1.49. The predicted molar refractivity (Wildman–Crippen MR) is 49.4 cm³/mol. The summed E-state index contributed by atoms with van der Waals surface area (Å²) < 4.78 is 6.79. The molecule has 1 aliphatic heterocycles. The topological polar surface area (TPSA) is 44.1 Å². The highest BCUT2D eigenvalue weighted by atomic mass is 32.1. The molecule has 0 aromatic carbocycles. The number of hydrogen-bond donors (Lipinski definition) is 0. The molecule has 66 valence electrons. The van der Waals surface area contributed by atoms with Crippen molar-refractivity contribution in [2.24, 2.45) is 0 Å². The molecule has 0 atom stereocenters. The second kappa shape index (κ2) is 2.32. The van der Waals surface area contributed by atoms with Crippen LogP contribution in [0.2, 0.25) is 0 Å². The molecule has 0 radical (unpaired) electrons. The van der Waals surface area contributed by atoms with E-state index in [2.05, 4.69) is 4.98 Å². The van der Waals surface area contributed by atoms with Crippen LogP contribution < -0.4 is 10.3 Å². The minimum Gasteiger partial charge on any atom is -0.463 e. The Labute approximate surface area is 77.4 Å². The Bertz CT molecular complexity index is 528. The molecule has 0 unspecified atom stereocenters. The van der Waals surface area contributed by atoms with Gasteiger partial charge in [0.25, 0.3) is 11.6 Å². The lowest BCUT2D eigenvalue weighted by atomic mass is 10.4. The molecule has 0 amide bonds. The highest BCUT2D eigenvalue weighted by molar-refractivity contribution is 7.09. The van der Waals surface area contributed by atoms with E-state index in [-0.39, 0.29) is 5.56 Å². The molecule has 0 saturated carbocycles. The average Bonchev–Trinajstić information content (AvgIpc) is 2.71. The lowest BCUT2D eigenvalue weighted by Crippen LogP contribution is -2.17. The van der Waals surface area contributed by atoms with Crippen molar-refractivity contribution in [2.45, 2.75) is 6.54 Å². The molecular formula is C8H6N2O2S. The van der Waals surface area contributed by atoms with Gasteiger partial charge in [0.1, 0.15) is 6.61 Å². The first kappa shape index (κ1) is 7.08. The Morgan fingerprint density at radius 1 is 1.54 bits per heavy atom. The lowest BCUT2D eigenvalue weighted by molar-refractivity contribution is 0.345. The van der Waals surface area contributed by atoms with Gasteiger partial charge in [-0.25, -0.2) is 0 Å². The molecule has 3 heterocycles. The smallest absolute Gasteiger partial charge is 0.299 e. The molecular weight excluding hydrogens is 188 g/mol. The van der Waals surface area contributed by atoms with Crippen LogP contribution in [0.3, 0.4) is 0 Å². The van der Waals surface area contributed by atoms with Gasteiger partial charge in [-0.1, -0.05) is 0 Å². The summed E-state index contributed by atoms with van der Waals surface area (Å²) in [5.74, 6) is 0. The molecule has 13 heavy (non-hydrogen) atoms. The molecule has 0 fully saturated rings. The van der Waals surface area contributed by atoms with Gasteiger partial charge in [-0.05, 0) is 0 Å². The maximum absolute atomic E-state index is 11.7. The SMILES string of the molecule is O=c1c2cscc2nc2n1CCO2. The fourth-order valence-electron chi connectivity index (χ4n) is 1.47. The van der Waals surface area contributed by atoms with Gasteiger partial charge in [0.2, 0.25) is 0 Å². The molecule has 2 aromatic rings. The van der Waals surface area contributed by atoms with Gasteiger partial charge in [0, 0.05) is 10.8 Å². The summed E-state index contributed by atoms with van der Waals surface area (Å²) in [5.41, 5.74) is 0.752. The van der Waals surface area contributed by atoms with E-state index < -0.39 is 0 Å². The summed E-state index contributed by atoms with van der Waals surface area (Å²) in [5, 5.41) is 4.38. The molecule has 3 rings (SSSR count). The molecule has 0 bridgehead atoms. The third-order valence-electron chi connectivity index (χ3n) is 2.11. The molecule has 0 spiro atoms. The van der Waals surface area contributed by atoms with Crippen LogP contribution in [0.4, 0.5) is 0 Å². The monoisotopic (exact) mass is 194 g/mol. The largest absolute Gasteiger partial charge is 0.463 e. The number of nitrogens with zero attached hydrogens (tertiary/aromatic N) is 2. The minimum atomic E-state index is 0.0127. The zero-order chi connectivity index (χ0) is 8.84. The first-order chi connectivity index (χ1) is 6.36. The number of hydrogen-bond acceptors (Lipinski definition) is 4. The molecule has 0 aliphatic carbocycles. The Morgan fingerprint density at radius 2 is 2.46 bits per heavy atom. The molecule has 0 saturated heterocycles. The predicted octanol–water partition coefficient (Wildman–Crippen LogP) is 0.850. The Balaban J connectivity index is 2.53. The second-order valence-electron chi connectivity index (χ2n) is 2.87. The minimum absolute atomic E-state index is 0.0127. The molecule has 5 heteroatoms. The quantitative estimate of drug-likeness (QED) is 0.624. The fraction of sp³-hybridized carbons (Fsp3) is 0.250. The maximum atomic E-state index is 11.7. The third kappa shape index (κ3) is 0.846. The normalized spacial score (nSPS) is 14.5. The van der Waals surface area contributed by atoms with Crippen LogP contribution in [-0.4, -0.2) is 16.2 Å². The van der Waals surface area contributed by atoms with E-state index in [0.29, 0.717) is 24.5 Å². The Morgan fingerprint density at radius 3 is 3.38 bits per heavy atom. The second-order valence-corrected chi connectivity index (χ2v) is 3.61. The van der Waals surface area contributed by atoms with Gasteiger partial charge < -0.3 is 4.74 Å². The number of rotatable bonds is 0. The molecule has 0 N–H and O–H groups in total. The highest BCUT2D eigenvalue weighted by Gasteiger charge is 2.17. The van der Waals surface area contributed by atoms with Crippen LogP contribution >= 0.6 is 11.3 Å². The summed E-state index contributed by atoms with van der Waals surface area (Å²) in [6.45, 7) is 1.17. The summed E-state index contributed by atoms with van der Waals surface area (Å²) in [6, 6.07) is 0.455. The van der Waals surface area contributed by atoms with Crippen LogP contribution in [0, 0.1) is 0 Å². The van der Waals surface area contributed by atoms with Gasteiger partial charge in [-0.2, -0.15) is 4.98 Å². The maximum Gasteiger partial charge on any atom is 0.299 e. The fourth-order valence-corrected chi connectivity index (χ4v) is 2.20. The number of fused-ring (bicyclic) bond motifs is 2. The first-order valence-electron chi connectivity index (χ1n) is 3.96. The van der Waals surface area contributed by atoms with Gasteiger partial charge in [0.05, 0.1) is 17.4 Å². The van der Waals surface area contributed by atoms with E-state index in [0.717, 1.165) is 5.52 Å². The number of thiophene rings is 1. The third-order valence-corrected chi connectivity index (χ3v) is 2.84. The average molecular weight is 194 g/mol. The molecule has 2 aromatic heterocycles. The van der Waals surface area contributed by atoms with Crippen LogP contribution in [0.25, 0.3) is 10.9 Å². The van der Waals surface area contributed by atoms with Crippen molar-refractivity contribution in [1.29, 1.82) is 0 Å². The zero-order valence-electron chi connectivity index (χ0n) is 6.69. The highest BCUT2D eigenvalue weighted by Crippen LogP contribution is 2.19. The van der Waals surface area contributed by atoms with Crippen molar-refractivity contribution in [1.82, 2.24) is 9.55 Å². The Kier molecular flexibility index (Phi) is 1.26. The number of aromatic nitrogens is 2. The van der Waals surface area contributed by atoms with Crippen LogP contribution in [0.5, 0.6) is 6.01 Å². The standard InChI is InChI=1S/C8H6N2O2S/c11-7-5-3-13-4-6(5)9-8-10(7)1-2-12-8/h3-4H,1-2H2. The summed E-state index contributed by atoms with van der Waals surface area (Å²) in [7, 11) is 0. The first-order valence-corrected chi connectivity index (χ1v) is 4.90. The summed E-state index contributed by atoms with van der Waals surface area (Å²) in [6.07, 6.45) is 0. The van der Waals surface area contributed by atoms with Crippen molar-refractivity contribution < 1.29 is 4.74 Å². The van der Waals surface area contributed by atoms with Crippen LogP contribution in [0.1, 0.15) is 0 Å². The van der Waals surface area contributed by atoms with Crippen molar-refractivity contribution >= 4 is 22.2 Å². The van der Waals surface area contributed by atoms with Crippen LogP contribution in [-0.2, 0) is 6.54 Å². The van der Waals surface area contributed by atoms with E-state index in [9.17, 15) is 4.79 Å². The van der Waals surface area contributed by atoms with E-state index in [1.165, 1.54) is 11.3 Å². The van der Waals surface area contributed by atoms with Gasteiger partial charge in [-0.3, -0.25) is 9.36 Å². The van der Waals surface area contributed by atoms with Crippen molar-refractivity contribution in [2.75, 3.05) is 6.61 Å².